The summed E-state index contributed by atoms with van der Waals surface area (Å²) in [6.07, 6.45) is 1.81. The van der Waals surface area contributed by atoms with Gasteiger partial charge in [-0.05, 0) is 48.9 Å². The normalized spacial score (nSPS) is 14.6. The Hall–Kier alpha value is -3.02. The largest absolute Gasteiger partial charge is 0.489 e. The van der Waals surface area contributed by atoms with Crippen molar-refractivity contribution in [2.24, 2.45) is 5.41 Å². The van der Waals surface area contributed by atoms with Crippen LogP contribution in [0.15, 0.2) is 42.5 Å². The predicted octanol–water partition coefficient (Wildman–Crippen LogP) is 4.69. The van der Waals surface area contributed by atoms with E-state index in [1.807, 2.05) is 6.92 Å². The van der Waals surface area contributed by atoms with Crippen molar-refractivity contribution in [3.8, 4) is 11.5 Å². The smallest absolute Gasteiger partial charge is 0.338 e. The van der Waals surface area contributed by atoms with Crippen molar-refractivity contribution in [2.75, 3.05) is 25.1 Å². The van der Waals surface area contributed by atoms with Crippen molar-refractivity contribution in [1.29, 1.82) is 0 Å². The van der Waals surface area contributed by atoms with E-state index in [4.69, 9.17) is 14.2 Å². The second-order valence-corrected chi connectivity index (χ2v) is 7.92. The number of unbranched alkanes of at least 4 members (excludes halogenated alkanes) is 1. The number of carbonyl (C=O) groups excluding carboxylic acids is 2. The van der Waals surface area contributed by atoms with Gasteiger partial charge in [0.05, 0.1) is 25.4 Å². The summed E-state index contributed by atoms with van der Waals surface area (Å²) in [6, 6.07) is 11.8. The number of rotatable bonds is 6. The van der Waals surface area contributed by atoms with Crippen LogP contribution < -0.4 is 14.8 Å². The standard InChI is InChI=1S/C23H27NO5/c1-4-5-12-27-22(26)16-6-9-18(10-7-16)24-21(25)17-8-11-19-20(13-17)29-15-23(2,3)14-28-19/h6-11,13H,4-5,12,14-15H2,1-3H3,(H,24,25). The fourth-order valence-corrected chi connectivity index (χ4v) is 2.75. The van der Waals surface area contributed by atoms with Gasteiger partial charge in [0, 0.05) is 16.7 Å². The van der Waals surface area contributed by atoms with E-state index in [2.05, 4.69) is 19.2 Å². The second-order valence-electron chi connectivity index (χ2n) is 7.92. The Kier molecular flexibility index (Phi) is 6.42. The molecule has 0 saturated heterocycles. The average molecular weight is 397 g/mol. The molecule has 0 bridgehead atoms. The monoisotopic (exact) mass is 397 g/mol. The molecule has 1 aliphatic heterocycles. The van der Waals surface area contributed by atoms with Crippen LogP contribution in [0.2, 0.25) is 0 Å². The minimum absolute atomic E-state index is 0.0964. The molecule has 1 aliphatic rings. The van der Waals surface area contributed by atoms with Crippen LogP contribution in [-0.4, -0.2) is 31.7 Å². The molecule has 0 radical (unpaired) electrons. The molecular weight excluding hydrogens is 370 g/mol. The topological polar surface area (TPSA) is 73.9 Å². The lowest BCUT2D eigenvalue weighted by Crippen LogP contribution is -2.26. The van der Waals surface area contributed by atoms with Gasteiger partial charge in [0.2, 0.25) is 0 Å². The second kappa shape index (κ2) is 8.99. The van der Waals surface area contributed by atoms with Crippen LogP contribution in [0.1, 0.15) is 54.3 Å². The number of esters is 1. The highest BCUT2D eigenvalue weighted by atomic mass is 16.5. The zero-order valence-corrected chi connectivity index (χ0v) is 17.1. The molecule has 0 fully saturated rings. The quantitative estimate of drug-likeness (QED) is 0.565. The van der Waals surface area contributed by atoms with Crippen molar-refractivity contribution >= 4 is 17.6 Å². The van der Waals surface area contributed by atoms with Crippen LogP contribution in [0.4, 0.5) is 5.69 Å². The molecule has 0 atom stereocenters. The number of amides is 1. The molecule has 6 heteroatoms. The summed E-state index contributed by atoms with van der Waals surface area (Å²) in [4.78, 5) is 24.6. The Morgan fingerprint density at radius 2 is 1.66 bits per heavy atom. The van der Waals surface area contributed by atoms with Gasteiger partial charge >= 0.3 is 5.97 Å². The summed E-state index contributed by atoms with van der Waals surface area (Å²) in [5.41, 5.74) is 1.42. The molecule has 0 saturated carbocycles. The summed E-state index contributed by atoms with van der Waals surface area (Å²) in [6.45, 7) is 7.65. The third-order valence-electron chi connectivity index (χ3n) is 4.55. The van der Waals surface area contributed by atoms with Crippen LogP contribution in [0.3, 0.4) is 0 Å². The van der Waals surface area contributed by atoms with E-state index in [9.17, 15) is 9.59 Å². The van der Waals surface area contributed by atoms with Gasteiger partial charge in [0.15, 0.2) is 11.5 Å². The number of anilines is 1. The van der Waals surface area contributed by atoms with Crippen molar-refractivity contribution < 1.29 is 23.8 Å². The van der Waals surface area contributed by atoms with E-state index in [1.54, 1.807) is 42.5 Å². The Morgan fingerprint density at radius 1 is 1.00 bits per heavy atom. The van der Waals surface area contributed by atoms with E-state index in [0.29, 0.717) is 48.1 Å². The summed E-state index contributed by atoms with van der Waals surface area (Å²) in [5, 5.41) is 2.83. The zero-order valence-electron chi connectivity index (χ0n) is 17.1. The first-order valence-corrected chi connectivity index (χ1v) is 9.86. The first kappa shape index (κ1) is 20.7. The number of hydrogen-bond donors (Lipinski definition) is 1. The fraction of sp³-hybridized carbons (Fsp3) is 0.391. The lowest BCUT2D eigenvalue weighted by Gasteiger charge is -2.19. The lowest BCUT2D eigenvalue weighted by atomic mass is 9.97. The van der Waals surface area contributed by atoms with Gasteiger partial charge in [-0.2, -0.15) is 0 Å². The maximum atomic E-state index is 12.6. The van der Waals surface area contributed by atoms with E-state index in [0.717, 1.165) is 12.8 Å². The van der Waals surface area contributed by atoms with E-state index in [-0.39, 0.29) is 17.3 Å². The highest BCUT2D eigenvalue weighted by molar-refractivity contribution is 6.04. The maximum absolute atomic E-state index is 12.6. The fourth-order valence-electron chi connectivity index (χ4n) is 2.75. The molecule has 3 rings (SSSR count). The predicted molar refractivity (Wildman–Crippen MR) is 111 cm³/mol. The zero-order chi connectivity index (χ0) is 20.9. The molecule has 1 heterocycles. The Labute approximate surface area is 171 Å². The molecule has 0 spiro atoms. The van der Waals surface area contributed by atoms with E-state index in [1.165, 1.54) is 0 Å². The van der Waals surface area contributed by atoms with Gasteiger partial charge in [-0.15, -0.1) is 0 Å². The number of benzene rings is 2. The molecule has 29 heavy (non-hydrogen) atoms. The molecule has 2 aromatic rings. The van der Waals surface area contributed by atoms with Gasteiger partial charge in [0.25, 0.3) is 5.91 Å². The Balaban J connectivity index is 1.63. The van der Waals surface area contributed by atoms with Crippen LogP contribution in [-0.2, 0) is 4.74 Å². The minimum Gasteiger partial charge on any atom is -0.489 e. The van der Waals surface area contributed by atoms with Gasteiger partial charge in [-0.1, -0.05) is 27.2 Å². The first-order chi connectivity index (χ1) is 13.9. The molecule has 2 aromatic carbocycles. The summed E-state index contributed by atoms with van der Waals surface area (Å²) < 4.78 is 16.8. The number of nitrogens with one attached hydrogen (secondary N) is 1. The van der Waals surface area contributed by atoms with Gasteiger partial charge in [0.1, 0.15) is 0 Å². The van der Waals surface area contributed by atoms with Crippen LogP contribution in [0, 0.1) is 5.41 Å². The van der Waals surface area contributed by atoms with Crippen LogP contribution >= 0.6 is 0 Å². The van der Waals surface area contributed by atoms with Crippen molar-refractivity contribution in [3.63, 3.8) is 0 Å². The Morgan fingerprint density at radius 3 is 2.34 bits per heavy atom. The highest BCUT2D eigenvalue weighted by Gasteiger charge is 2.25. The molecule has 0 unspecified atom stereocenters. The van der Waals surface area contributed by atoms with E-state index < -0.39 is 0 Å². The number of ether oxygens (including phenoxy) is 3. The lowest BCUT2D eigenvalue weighted by molar-refractivity contribution is 0.0499. The molecule has 1 N–H and O–H groups in total. The summed E-state index contributed by atoms with van der Waals surface area (Å²) in [5.74, 6) is 0.576. The van der Waals surface area contributed by atoms with Crippen LogP contribution in [0.5, 0.6) is 11.5 Å². The summed E-state index contributed by atoms with van der Waals surface area (Å²) >= 11 is 0. The van der Waals surface area contributed by atoms with Gasteiger partial charge < -0.3 is 19.5 Å². The van der Waals surface area contributed by atoms with Gasteiger partial charge in [-0.3, -0.25) is 4.79 Å². The molecule has 154 valence electrons. The number of carbonyl (C=O) groups is 2. The highest BCUT2D eigenvalue weighted by Crippen LogP contribution is 2.34. The number of hydrogen-bond acceptors (Lipinski definition) is 5. The molecular formula is C23H27NO5. The van der Waals surface area contributed by atoms with Gasteiger partial charge in [-0.25, -0.2) is 4.79 Å². The maximum Gasteiger partial charge on any atom is 0.338 e. The third kappa shape index (κ3) is 5.50. The number of fused-ring (bicyclic) bond motifs is 1. The van der Waals surface area contributed by atoms with Crippen molar-refractivity contribution in [3.05, 3.63) is 53.6 Å². The van der Waals surface area contributed by atoms with Crippen molar-refractivity contribution in [2.45, 2.75) is 33.6 Å². The average Bonchev–Trinajstić information content (AvgIpc) is 2.86. The molecule has 6 nitrogen and oxygen atoms in total. The van der Waals surface area contributed by atoms with Crippen LogP contribution in [0.25, 0.3) is 0 Å². The summed E-state index contributed by atoms with van der Waals surface area (Å²) in [7, 11) is 0. The first-order valence-electron chi connectivity index (χ1n) is 9.86. The SMILES string of the molecule is CCCCOC(=O)c1ccc(NC(=O)c2ccc3c(c2)OCC(C)(C)CO3)cc1. The molecule has 1 amide bonds. The molecule has 0 aliphatic carbocycles. The molecule has 0 aromatic heterocycles. The third-order valence-corrected chi connectivity index (χ3v) is 4.55. The van der Waals surface area contributed by atoms with E-state index >= 15 is 0 Å². The minimum atomic E-state index is -0.359. The Bertz CT molecular complexity index is 873. The van der Waals surface area contributed by atoms with Crippen molar-refractivity contribution in [1.82, 2.24) is 0 Å².